The molecule has 1 amide bonds. The first-order valence-electron chi connectivity index (χ1n) is 7.39. The Kier molecular flexibility index (Phi) is 4.74. The van der Waals surface area contributed by atoms with E-state index in [1.807, 2.05) is 0 Å². The van der Waals surface area contributed by atoms with E-state index < -0.39 is 28.1 Å². The standard InChI is InChI=1S/C15H21N3O5/c1-15(2,3)23-14(20)17(11-6-7-16-9-11)10-4-5-12(18(21)22)13(19)8-10/h4-5,8,11,16,19H,6-7,9H2,1-3H3/t11-/m0/s1. The van der Waals surface area contributed by atoms with Crippen LogP contribution in [-0.2, 0) is 4.74 Å². The fraction of sp³-hybridized carbons (Fsp3) is 0.533. The minimum Gasteiger partial charge on any atom is -0.502 e. The van der Waals surface area contributed by atoms with Gasteiger partial charge < -0.3 is 15.2 Å². The van der Waals surface area contributed by atoms with E-state index in [4.69, 9.17) is 4.74 Å². The molecule has 23 heavy (non-hydrogen) atoms. The van der Waals surface area contributed by atoms with Crippen LogP contribution >= 0.6 is 0 Å². The Morgan fingerprint density at radius 1 is 1.48 bits per heavy atom. The molecule has 0 bridgehead atoms. The van der Waals surface area contributed by atoms with Gasteiger partial charge in [0.2, 0.25) is 0 Å². The Labute approximate surface area is 134 Å². The summed E-state index contributed by atoms with van der Waals surface area (Å²) in [7, 11) is 0. The summed E-state index contributed by atoms with van der Waals surface area (Å²) in [5, 5.41) is 23.8. The topological polar surface area (TPSA) is 105 Å². The molecule has 0 saturated carbocycles. The Morgan fingerprint density at radius 2 is 2.17 bits per heavy atom. The summed E-state index contributed by atoms with van der Waals surface area (Å²) in [6, 6.07) is 3.72. The lowest BCUT2D eigenvalue weighted by Crippen LogP contribution is -2.44. The summed E-state index contributed by atoms with van der Waals surface area (Å²) in [5.41, 5.74) is -0.692. The van der Waals surface area contributed by atoms with Crippen molar-refractivity contribution < 1.29 is 19.6 Å². The lowest BCUT2D eigenvalue weighted by Gasteiger charge is -2.31. The van der Waals surface area contributed by atoms with Crippen LogP contribution in [-0.4, -0.2) is 40.9 Å². The second-order valence-corrected chi connectivity index (χ2v) is 6.43. The van der Waals surface area contributed by atoms with Crippen molar-refractivity contribution in [1.29, 1.82) is 0 Å². The zero-order chi connectivity index (χ0) is 17.2. The first-order valence-corrected chi connectivity index (χ1v) is 7.39. The number of hydrogen-bond donors (Lipinski definition) is 2. The highest BCUT2D eigenvalue weighted by molar-refractivity contribution is 5.89. The van der Waals surface area contributed by atoms with E-state index in [0.717, 1.165) is 13.0 Å². The van der Waals surface area contributed by atoms with E-state index in [1.54, 1.807) is 20.8 Å². The van der Waals surface area contributed by atoms with Gasteiger partial charge in [0.15, 0.2) is 5.75 Å². The highest BCUT2D eigenvalue weighted by atomic mass is 16.6. The quantitative estimate of drug-likeness (QED) is 0.653. The van der Waals surface area contributed by atoms with Gasteiger partial charge in [-0.2, -0.15) is 0 Å². The summed E-state index contributed by atoms with van der Waals surface area (Å²) < 4.78 is 5.43. The van der Waals surface area contributed by atoms with Crippen molar-refractivity contribution in [3.05, 3.63) is 28.3 Å². The number of anilines is 1. The van der Waals surface area contributed by atoms with Crippen LogP contribution in [0.2, 0.25) is 0 Å². The molecule has 0 aliphatic carbocycles. The molecule has 8 nitrogen and oxygen atoms in total. The number of aromatic hydroxyl groups is 1. The number of phenolic OH excluding ortho intramolecular Hbond substituents is 1. The Balaban J connectivity index is 2.35. The van der Waals surface area contributed by atoms with Gasteiger partial charge in [0.1, 0.15) is 5.60 Å². The van der Waals surface area contributed by atoms with Crippen molar-refractivity contribution >= 4 is 17.5 Å². The number of ether oxygens (including phenoxy) is 1. The second kappa shape index (κ2) is 6.41. The molecule has 8 heteroatoms. The minimum absolute atomic E-state index is 0.134. The Bertz CT molecular complexity index is 606. The smallest absolute Gasteiger partial charge is 0.415 e. The minimum atomic E-state index is -0.673. The van der Waals surface area contributed by atoms with Crippen LogP contribution < -0.4 is 10.2 Å². The number of carbonyl (C=O) groups excluding carboxylic acids is 1. The Hall–Kier alpha value is -2.35. The molecule has 2 rings (SSSR count). The SMILES string of the molecule is CC(C)(C)OC(=O)N(c1ccc([N+](=O)[O-])c(O)c1)[C@H]1CCNC1. The summed E-state index contributed by atoms with van der Waals surface area (Å²) >= 11 is 0. The predicted molar refractivity (Wildman–Crippen MR) is 84.7 cm³/mol. The van der Waals surface area contributed by atoms with Crippen molar-refractivity contribution in [1.82, 2.24) is 5.32 Å². The molecule has 1 saturated heterocycles. The molecular formula is C15H21N3O5. The van der Waals surface area contributed by atoms with Gasteiger partial charge in [-0.05, 0) is 39.8 Å². The predicted octanol–water partition coefficient (Wildman–Crippen LogP) is 2.40. The Morgan fingerprint density at radius 3 is 2.65 bits per heavy atom. The molecule has 1 aliphatic heterocycles. The van der Waals surface area contributed by atoms with Crippen molar-refractivity contribution in [2.75, 3.05) is 18.0 Å². The van der Waals surface area contributed by atoms with Gasteiger partial charge in [0, 0.05) is 18.7 Å². The van der Waals surface area contributed by atoms with E-state index >= 15 is 0 Å². The monoisotopic (exact) mass is 323 g/mol. The maximum atomic E-state index is 12.5. The summed E-state index contributed by atoms with van der Waals surface area (Å²) in [6.07, 6.45) is 0.191. The van der Waals surface area contributed by atoms with Crippen molar-refractivity contribution in [2.24, 2.45) is 0 Å². The molecule has 1 aromatic carbocycles. The van der Waals surface area contributed by atoms with Crippen LogP contribution in [0.15, 0.2) is 18.2 Å². The molecule has 0 aromatic heterocycles. The normalized spacial score (nSPS) is 17.8. The fourth-order valence-corrected chi connectivity index (χ4v) is 2.45. The lowest BCUT2D eigenvalue weighted by molar-refractivity contribution is -0.385. The molecule has 126 valence electrons. The average Bonchev–Trinajstić information content (AvgIpc) is 2.90. The number of benzene rings is 1. The highest BCUT2D eigenvalue weighted by Crippen LogP contribution is 2.32. The third kappa shape index (κ3) is 4.10. The molecular weight excluding hydrogens is 302 g/mol. The van der Waals surface area contributed by atoms with Crippen LogP contribution in [0.25, 0.3) is 0 Å². The van der Waals surface area contributed by atoms with E-state index in [-0.39, 0.29) is 6.04 Å². The van der Waals surface area contributed by atoms with Gasteiger partial charge in [-0.15, -0.1) is 0 Å². The van der Waals surface area contributed by atoms with Crippen LogP contribution in [0.1, 0.15) is 27.2 Å². The van der Waals surface area contributed by atoms with Crippen LogP contribution in [0.4, 0.5) is 16.2 Å². The first kappa shape index (κ1) is 17.0. The van der Waals surface area contributed by atoms with Gasteiger partial charge >= 0.3 is 11.8 Å². The number of nitrogens with zero attached hydrogens (tertiary/aromatic N) is 2. The molecule has 1 aliphatic rings. The van der Waals surface area contributed by atoms with Crippen molar-refractivity contribution in [2.45, 2.75) is 38.8 Å². The number of nitrogens with one attached hydrogen (secondary N) is 1. The number of rotatable bonds is 3. The molecule has 0 radical (unpaired) electrons. The molecule has 0 unspecified atom stereocenters. The number of amides is 1. The number of carbonyl (C=O) groups is 1. The maximum Gasteiger partial charge on any atom is 0.415 e. The molecule has 1 heterocycles. The lowest BCUT2D eigenvalue weighted by atomic mass is 10.1. The number of nitro benzene ring substituents is 1. The summed E-state index contributed by atoms with van der Waals surface area (Å²) in [6.45, 7) is 6.66. The third-order valence-corrected chi connectivity index (χ3v) is 3.42. The van der Waals surface area contributed by atoms with E-state index in [1.165, 1.54) is 23.1 Å². The molecule has 0 spiro atoms. The van der Waals surface area contributed by atoms with Crippen molar-refractivity contribution in [3.63, 3.8) is 0 Å². The molecule has 1 aromatic rings. The fourth-order valence-electron chi connectivity index (χ4n) is 2.45. The van der Waals surface area contributed by atoms with Crippen LogP contribution in [0.3, 0.4) is 0 Å². The largest absolute Gasteiger partial charge is 0.502 e. The first-order chi connectivity index (χ1) is 10.7. The van der Waals surface area contributed by atoms with E-state index in [2.05, 4.69) is 5.32 Å². The zero-order valence-corrected chi connectivity index (χ0v) is 13.4. The van der Waals surface area contributed by atoms with Crippen LogP contribution in [0.5, 0.6) is 5.75 Å². The molecule has 1 atom stereocenters. The van der Waals surface area contributed by atoms with Gasteiger partial charge in [0.25, 0.3) is 0 Å². The van der Waals surface area contributed by atoms with E-state index in [9.17, 15) is 20.0 Å². The average molecular weight is 323 g/mol. The summed E-state index contributed by atoms with van der Waals surface area (Å²) in [5.74, 6) is -0.480. The maximum absolute atomic E-state index is 12.5. The number of hydrogen-bond acceptors (Lipinski definition) is 6. The molecule has 1 fully saturated rings. The van der Waals surface area contributed by atoms with Gasteiger partial charge in [-0.25, -0.2) is 4.79 Å². The van der Waals surface area contributed by atoms with E-state index in [0.29, 0.717) is 12.2 Å². The number of nitro groups is 1. The zero-order valence-electron chi connectivity index (χ0n) is 13.4. The van der Waals surface area contributed by atoms with Gasteiger partial charge in [-0.1, -0.05) is 0 Å². The second-order valence-electron chi connectivity index (χ2n) is 6.43. The molecule has 2 N–H and O–H groups in total. The number of phenols is 1. The van der Waals surface area contributed by atoms with Gasteiger partial charge in [0.05, 0.1) is 16.7 Å². The van der Waals surface area contributed by atoms with Crippen LogP contribution in [0, 0.1) is 10.1 Å². The highest BCUT2D eigenvalue weighted by Gasteiger charge is 2.32. The van der Waals surface area contributed by atoms with Gasteiger partial charge in [-0.3, -0.25) is 15.0 Å². The third-order valence-electron chi connectivity index (χ3n) is 3.42. The summed E-state index contributed by atoms with van der Waals surface area (Å²) in [4.78, 5) is 24.1. The van der Waals surface area contributed by atoms with Crippen molar-refractivity contribution in [3.8, 4) is 5.75 Å².